The molecule has 0 aliphatic carbocycles. The van der Waals surface area contributed by atoms with Crippen molar-refractivity contribution in [1.29, 1.82) is 0 Å². The van der Waals surface area contributed by atoms with Crippen LogP contribution < -0.4 is 4.74 Å². The van der Waals surface area contributed by atoms with Crippen molar-refractivity contribution in [3.05, 3.63) is 79.0 Å². The fourth-order valence-corrected chi connectivity index (χ4v) is 3.76. The van der Waals surface area contributed by atoms with Crippen LogP contribution in [0, 0.1) is 0 Å². The van der Waals surface area contributed by atoms with Crippen LogP contribution in [0.2, 0.25) is 0 Å². The van der Waals surface area contributed by atoms with Crippen molar-refractivity contribution < 1.29 is 9.47 Å². The normalized spacial score (nSPS) is 12.3. The second kappa shape index (κ2) is 13.6. The molecule has 0 saturated heterocycles. The van der Waals surface area contributed by atoms with Gasteiger partial charge >= 0.3 is 0 Å². The van der Waals surface area contributed by atoms with Gasteiger partial charge in [-0.25, -0.2) is 0 Å². The molecule has 0 N–H and O–H groups in total. The molecule has 1 atom stereocenters. The average molecular weight is 444 g/mol. The van der Waals surface area contributed by atoms with Gasteiger partial charge in [-0.1, -0.05) is 56.7 Å². The van der Waals surface area contributed by atoms with Crippen LogP contribution in [0.5, 0.6) is 5.75 Å². The predicted molar refractivity (Wildman–Crippen MR) is 141 cm³/mol. The van der Waals surface area contributed by atoms with E-state index in [9.17, 15) is 0 Å². The van der Waals surface area contributed by atoms with Crippen molar-refractivity contribution in [2.45, 2.75) is 58.5 Å². The summed E-state index contributed by atoms with van der Waals surface area (Å²) in [5.41, 5.74) is 3.26. The summed E-state index contributed by atoms with van der Waals surface area (Å²) in [6.45, 7) is 9.49. The summed E-state index contributed by atoms with van der Waals surface area (Å²) in [4.78, 5) is 4.68. The quantitative estimate of drug-likeness (QED) is 0.186. The van der Waals surface area contributed by atoms with E-state index in [0.29, 0.717) is 12.7 Å². The van der Waals surface area contributed by atoms with E-state index in [1.807, 2.05) is 30.5 Å². The number of ether oxygens (including phenoxy) is 2. The van der Waals surface area contributed by atoms with Crippen LogP contribution in [0.25, 0.3) is 28.1 Å². The Kier molecular flexibility index (Phi) is 10.2. The van der Waals surface area contributed by atoms with Crippen LogP contribution in [-0.4, -0.2) is 24.3 Å². The molecule has 0 amide bonds. The number of nitrogens with zero attached hydrogens (tertiary/aromatic N) is 1. The number of aromatic nitrogens is 1. The second-order valence-corrected chi connectivity index (χ2v) is 8.52. The summed E-state index contributed by atoms with van der Waals surface area (Å²) < 4.78 is 11.4. The van der Waals surface area contributed by atoms with Gasteiger partial charge in [-0.05, 0) is 80.0 Å². The van der Waals surface area contributed by atoms with Gasteiger partial charge in [0.05, 0.1) is 11.8 Å². The van der Waals surface area contributed by atoms with E-state index in [0.717, 1.165) is 48.3 Å². The largest absolute Gasteiger partial charge is 0.490 e. The summed E-state index contributed by atoms with van der Waals surface area (Å²) >= 11 is 0. The topological polar surface area (TPSA) is 31.4 Å². The number of hydrogen-bond acceptors (Lipinski definition) is 3. The van der Waals surface area contributed by atoms with Gasteiger partial charge in [0.15, 0.2) is 0 Å². The van der Waals surface area contributed by atoms with Gasteiger partial charge in [-0.2, -0.15) is 0 Å². The Hall–Kier alpha value is -2.91. The summed E-state index contributed by atoms with van der Waals surface area (Å²) in [5.74, 6) is 0.838. The molecule has 0 radical (unpaired) electrons. The van der Waals surface area contributed by atoms with Gasteiger partial charge in [0.1, 0.15) is 12.4 Å². The summed E-state index contributed by atoms with van der Waals surface area (Å²) in [6, 6.07) is 16.7. The maximum atomic E-state index is 5.88. The van der Waals surface area contributed by atoms with Crippen molar-refractivity contribution in [3.63, 3.8) is 0 Å². The number of unbranched alkanes of at least 4 members (excludes halogenated alkanes) is 3. The molecule has 0 aliphatic rings. The Morgan fingerprint density at radius 3 is 2.64 bits per heavy atom. The predicted octanol–water partition coefficient (Wildman–Crippen LogP) is 8.25. The highest BCUT2D eigenvalue weighted by Gasteiger charge is 2.04. The first-order valence-corrected chi connectivity index (χ1v) is 12.2. The zero-order valence-electron chi connectivity index (χ0n) is 20.1. The maximum absolute atomic E-state index is 5.88. The Bertz CT molecular complexity index is 1020. The maximum Gasteiger partial charge on any atom is 0.119 e. The zero-order valence-corrected chi connectivity index (χ0v) is 20.1. The highest BCUT2D eigenvalue weighted by atomic mass is 16.5. The van der Waals surface area contributed by atoms with E-state index in [4.69, 9.17) is 9.47 Å². The highest BCUT2D eigenvalue weighted by molar-refractivity contribution is 5.87. The van der Waals surface area contributed by atoms with Crippen molar-refractivity contribution in [3.8, 4) is 17.0 Å². The molecule has 174 valence electrons. The zero-order chi connectivity index (χ0) is 23.3. The van der Waals surface area contributed by atoms with Crippen molar-refractivity contribution >= 4 is 16.8 Å². The number of allylic oxidation sites excluding steroid dienone is 1. The third-order valence-electron chi connectivity index (χ3n) is 5.71. The molecule has 3 rings (SSSR count). The van der Waals surface area contributed by atoms with Gasteiger partial charge in [-0.3, -0.25) is 4.98 Å². The van der Waals surface area contributed by atoms with Crippen LogP contribution in [0.15, 0.2) is 73.5 Å². The van der Waals surface area contributed by atoms with Gasteiger partial charge < -0.3 is 9.47 Å². The number of hydrogen-bond donors (Lipinski definition) is 0. The Morgan fingerprint density at radius 2 is 1.85 bits per heavy atom. The molecule has 3 nitrogen and oxygen atoms in total. The minimum Gasteiger partial charge on any atom is -0.490 e. The van der Waals surface area contributed by atoms with Crippen LogP contribution in [0.4, 0.5) is 0 Å². The van der Waals surface area contributed by atoms with Crippen LogP contribution in [0.1, 0.15) is 57.9 Å². The van der Waals surface area contributed by atoms with Crippen molar-refractivity contribution in [2.24, 2.45) is 0 Å². The lowest BCUT2D eigenvalue weighted by molar-refractivity contribution is 0.0566. The molecule has 0 fully saturated rings. The van der Waals surface area contributed by atoms with Gasteiger partial charge in [-0.15, -0.1) is 0 Å². The number of rotatable bonds is 14. The molecule has 0 saturated carbocycles. The lowest BCUT2D eigenvalue weighted by Gasteiger charge is -2.12. The molecule has 1 heterocycles. The Balaban J connectivity index is 1.51. The lowest BCUT2D eigenvalue weighted by atomic mass is 10.0. The first kappa shape index (κ1) is 24.7. The molecule has 2 aromatic carbocycles. The van der Waals surface area contributed by atoms with Crippen LogP contribution in [-0.2, 0) is 4.74 Å². The van der Waals surface area contributed by atoms with E-state index in [1.165, 1.54) is 30.2 Å². The van der Waals surface area contributed by atoms with Gasteiger partial charge in [0, 0.05) is 23.8 Å². The second-order valence-electron chi connectivity index (χ2n) is 8.52. The molecule has 1 unspecified atom stereocenters. The Labute approximate surface area is 199 Å². The van der Waals surface area contributed by atoms with E-state index in [1.54, 1.807) is 6.08 Å². The molecule has 3 aromatic rings. The molecular formula is C30H37NO2. The summed E-state index contributed by atoms with van der Waals surface area (Å²) in [7, 11) is 0. The van der Waals surface area contributed by atoms with Crippen LogP contribution in [0.3, 0.4) is 0 Å². The summed E-state index contributed by atoms with van der Waals surface area (Å²) in [6.07, 6.45) is 15.6. The first-order valence-electron chi connectivity index (χ1n) is 12.2. The lowest BCUT2D eigenvalue weighted by Crippen LogP contribution is -2.08. The van der Waals surface area contributed by atoms with Gasteiger partial charge in [0.2, 0.25) is 0 Å². The fraction of sp³-hybridized carbons (Fsp3) is 0.367. The molecule has 33 heavy (non-hydrogen) atoms. The standard InChI is InChI=1S/C30H37NO2/c1-4-6-10-20-32-24(3)11-8-7-9-12-25-13-14-27-22-30(31-23-28(27)21-25)26-15-17-29(18-16-26)33-19-5-2/h5,9,12-18,21-24H,2,4,6-8,10-11,19-20H2,1,3H3. The van der Waals surface area contributed by atoms with E-state index in [-0.39, 0.29) is 0 Å². The smallest absolute Gasteiger partial charge is 0.119 e. The SMILES string of the molecule is C=CCOc1ccc(-c2cc3ccc(C=CCCCC(C)OCCCCC)cc3cn2)cc1. The van der Waals surface area contributed by atoms with E-state index < -0.39 is 0 Å². The Morgan fingerprint density at radius 1 is 1.00 bits per heavy atom. The molecule has 3 heteroatoms. The number of fused-ring (bicyclic) bond motifs is 1. The number of benzene rings is 2. The van der Waals surface area contributed by atoms with Crippen molar-refractivity contribution in [2.75, 3.05) is 13.2 Å². The molecule has 0 spiro atoms. The third kappa shape index (κ3) is 8.18. The minimum absolute atomic E-state index is 0.354. The van der Waals surface area contributed by atoms with E-state index in [2.05, 4.69) is 61.8 Å². The number of pyridine rings is 1. The first-order chi connectivity index (χ1) is 16.2. The average Bonchev–Trinajstić information content (AvgIpc) is 2.85. The molecular weight excluding hydrogens is 406 g/mol. The summed E-state index contributed by atoms with van der Waals surface area (Å²) in [5, 5.41) is 2.35. The monoisotopic (exact) mass is 443 g/mol. The molecule has 1 aromatic heterocycles. The minimum atomic E-state index is 0.354. The molecule has 0 bridgehead atoms. The van der Waals surface area contributed by atoms with E-state index >= 15 is 0 Å². The van der Waals surface area contributed by atoms with Crippen molar-refractivity contribution in [1.82, 2.24) is 4.98 Å². The fourth-order valence-electron chi connectivity index (χ4n) is 3.76. The van der Waals surface area contributed by atoms with Crippen LogP contribution >= 0.6 is 0 Å². The molecule has 0 aliphatic heterocycles. The highest BCUT2D eigenvalue weighted by Crippen LogP contribution is 2.25. The van der Waals surface area contributed by atoms with Gasteiger partial charge in [0.25, 0.3) is 0 Å². The third-order valence-corrected chi connectivity index (χ3v) is 5.71.